The minimum absolute atomic E-state index is 0.289. The fourth-order valence-corrected chi connectivity index (χ4v) is 5.77. The predicted molar refractivity (Wildman–Crippen MR) is 127 cm³/mol. The lowest BCUT2D eigenvalue weighted by Gasteiger charge is -2.21. The van der Waals surface area contributed by atoms with E-state index in [0.717, 1.165) is 5.56 Å². The van der Waals surface area contributed by atoms with E-state index in [1.165, 1.54) is 0 Å². The summed E-state index contributed by atoms with van der Waals surface area (Å²) >= 11 is 6.40. The van der Waals surface area contributed by atoms with Crippen LogP contribution in [0.15, 0.2) is 66.7 Å². The lowest BCUT2D eigenvalue weighted by molar-refractivity contribution is 0.105. The van der Waals surface area contributed by atoms with Crippen molar-refractivity contribution in [1.82, 2.24) is 0 Å². The average Bonchev–Trinajstić information content (AvgIpc) is 2.75. The molecular formula is C25H24ClO4P. The van der Waals surface area contributed by atoms with Crippen molar-refractivity contribution in [2.24, 2.45) is 0 Å². The summed E-state index contributed by atoms with van der Waals surface area (Å²) in [6.45, 7) is 6.29. The summed E-state index contributed by atoms with van der Waals surface area (Å²) in [7, 11) is -1.94. The molecule has 0 saturated heterocycles. The monoisotopic (exact) mass is 454 g/mol. The third-order valence-corrected chi connectivity index (χ3v) is 7.05. The molecule has 0 aromatic heterocycles. The highest BCUT2D eigenvalue weighted by molar-refractivity contribution is 7.96. The van der Waals surface area contributed by atoms with Crippen molar-refractivity contribution in [3.63, 3.8) is 0 Å². The Labute approximate surface area is 188 Å². The maximum Gasteiger partial charge on any atom is 0.204 e. The fourth-order valence-electron chi connectivity index (χ4n) is 3.30. The van der Waals surface area contributed by atoms with E-state index in [9.17, 15) is 9.59 Å². The van der Waals surface area contributed by atoms with Gasteiger partial charge >= 0.3 is 0 Å². The van der Waals surface area contributed by atoms with Crippen LogP contribution < -0.4 is 14.8 Å². The van der Waals surface area contributed by atoms with Crippen LogP contribution in [0.5, 0.6) is 11.5 Å². The van der Waals surface area contributed by atoms with Gasteiger partial charge in [-0.05, 0) is 49.8 Å². The minimum Gasteiger partial charge on any atom is -0.493 e. The molecule has 0 spiro atoms. The number of benzene rings is 3. The predicted octanol–water partition coefficient (Wildman–Crippen LogP) is 6.23. The summed E-state index contributed by atoms with van der Waals surface area (Å²) in [4.78, 5) is 27.8. The maximum atomic E-state index is 14.0. The van der Waals surface area contributed by atoms with Gasteiger partial charge < -0.3 is 9.47 Å². The lowest BCUT2D eigenvalue weighted by atomic mass is 10.1. The van der Waals surface area contributed by atoms with Crippen LogP contribution in [0.25, 0.3) is 0 Å². The Morgan fingerprint density at radius 3 is 1.87 bits per heavy atom. The van der Waals surface area contributed by atoms with Crippen molar-refractivity contribution in [2.45, 2.75) is 20.8 Å². The third kappa shape index (κ3) is 4.98. The van der Waals surface area contributed by atoms with Crippen molar-refractivity contribution < 1.29 is 19.1 Å². The molecule has 160 valence electrons. The van der Waals surface area contributed by atoms with Gasteiger partial charge in [0.05, 0.1) is 26.2 Å². The molecule has 0 saturated carbocycles. The summed E-state index contributed by atoms with van der Waals surface area (Å²) < 4.78 is 11.5. The van der Waals surface area contributed by atoms with Gasteiger partial charge in [-0.1, -0.05) is 60.1 Å². The number of ether oxygens (including phenoxy) is 2. The number of rotatable bonds is 9. The molecule has 6 heteroatoms. The molecular weight excluding hydrogens is 431 g/mol. The minimum atomic E-state index is -1.94. The topological polar surface area (TPSA) is 52.6 Å². The Morgan fingerprint density at radius 1 is 0.774 bits per heavy atom. The molecule has 3 rings (SSSR count). The maximum absolute atomic E-state index is 14.0. The Bertz CT molecular complexity index is 1040. The van der Waals surface area contributed by atoms with E-state index in [2.05, 4.69) is 0 Å². The van der Waals surface area contributed by atoms with Crippen LogP contribution in [0, 0.1) is 6.92 Å². The Balaban J connectivity index is 2.21. The second kappa shape index (κ2) is 10.6. The highest BCUT2D eigenvalue weighted by Gasteiger charge is 2.35. The van der Waals surface area contributed by atoms with Gasteiger partial charge in [-0.2, -0.15) is 0 Å². The van der Waals surface area contributed by atoms with Gasteiger partial charge in [-0.25, -0.2) is 0 Å². The summed E-state index contributed by atoms with van der Waals surface area (Å²) in [5, 5.41) is 0.991. The van der Waals surface area contributed by atoms with Crippen molar-refractivity contribution in [3.05, 3.63) is 88.4 Å². The van der Waals surface area contributed by atoms with Crippen LogP contribution in [-0.4, -0.2) is 24.3 Å². The first-order valence-corrected chi connectivity index (χ1v) is 11.8. The standard InChI is InChI=1S/C25H24ClO4P/c1-4-29-20-15-10-16-21(30-5-2)23(20)25(28)31(18-12-7-6-8-13-18)24(27)22-17(3)11-9-14-19(22)26/h6-16H,4-5H2,1-3H3. The Kier molecular flexibility index (Phi) is 7.84. The summed E-state index contributed by atoms with van der Waals surface area (Å²) in [6.07, 6.45) is 0. The Hall–Kier alpha value is -2.68. The molecule has 1 atom stereocenters. The van der Waals surface area contributed by atoms with Gasteiger partial charge in [-0.3, -0.25) is 9.59 Å². The lowest BCUT2D eigenvalue weighted by Crippen LogP contribution is -2.18. The summed E-state index contributed by atoms with van der Waals surface area (Å²) in [6, 6.07) is 19.6. The first kappa shape index (κ1) is 23.0. The second-order valence-electron chi connectivity index (χ2n) is 6.71. The van der Waals surface area contributed by atoms with Crippen LogP contribution >= 0.6 is 19.5 Å². The molecule has 1 unspecified atom stereocenters. The molecule has 0 fully saturated rings. The number of halogens is 1. The van der Waals surface area contributed by atoms with E-state index in [1.54, 1.807) is 42.5 Å². The van der Waals surface area contributed by atoms with Crippen LogP contribution in [0.1, 0.15) is 40.1 Å². The van der Waals surface area contributed by atoms with Crippen LogP contribution in [0.4, 0.5) is 0 Å². The molecule has 31 heavy (non-hydrogen) atoms. The average molecular weight is 455 g/mol. The number of carbonyl (C=O) groups excluding carboxylic acids is 2. The van der Waals surface area contributed by atoms with Gasteiger partial charge in [0.1, 0.15) is 17.1 Å². The molecule has 0 aliphatic carbocycles. The normalized spacial score (nSPS) is 11.6. The molecule has 0 radical (unpaired) electrons. The summed E-state index contributed by atoms with van der Waals surface area (Å²) in [5.74, 6) is 0.816. The number of hydrogen-bond donors (Lipinski definition) is 0. The molecule has 3 aromatic carbocycles. The fraction of sp³-hybridized carbons (Fsp3) is 0.200. The van der Waals surface area contributed by atoms with E-state index in [1.807, 2.05) is 45.0 Å². The van der Waals surface area contributed by atoms with Crippen LogP contribution in [0.3, 0.4) is 0 Å². The number of aryl methyl sites for hydroxylation is 1. The molecule has 0 heterocycles. The number of hydrogen-bond acceptors (Lipinski definition) is 4. The van der Waals surface area contributed by atoms with E-state index >= 15 is 0 Å². The molecule has 4 nitrogen and oxygen atoms in total. The van der Waals surface area contributed by atoms with Gasteiger partial charge in [-0.15, -0.1) is 0 Å². The van der Waals surface area contributed by atoms with Crippen molar-refractivity contribution in [3.8, 4) is 11.5 Å². The van der Waals surface area contributed by atoms with Crippen LogP contribution in [-0.2, 0) is 0 Å². The molecule has 0 N–H and O–H groups in total. The van der Waals surface area contributed by atoms with Gasteiger partial charge in [0.15, 0.2) is 5.52 Å². The molecule has 0 aliphatic heterocycles. The smallest absolute Gasteiger partial charge is 0.204 e. The molecule has 3 aromatic rings. The van der Waals surface area contributed by atoms with Crippen molar-refractivity contribution >= 4 is 35.9 Å². The third-order valence-electron chi connectivity index (χ3n) is 4.66. The summed E-state index contributed by atoms with van der Waals surface area (Å²) in [5.41, 5.74) is 0.788. The zero-order valence-electron chi connectivity index (χ0n) is 17.7. The zero-order valence-corrected chi connectivity index (χ0v) is 19.4. The van der Waals surface area contributed by atoms with E-state index in [0.29, 0.717) is 46.2 Å². The van der Waals surface area contributed by atoms with E-state index < -0.39 is 7.92 Å². The Morgan fingerprint density at radius 2 is 1.32 bits per heavy atom. The van der Waals surface area contributed by atoms with E-state index in [4.69, 9.17) is 21.1 Å². The highest BCUT2D eigenvalue weighted by Crippen LogP contribution is 2.48. The number of carbonyl (C=O) groups is 2. The highest BCUT2D eigenvalue weighted by atomic mass is 35.5. The second-order valence-corrected chi connectivity index (χ2v) is 9.12. The van der Waals surface area contributed by atoms with Crippen molar-refractivity contribution in [1.29, 1.82) is 0 Å². The van der Waals surface area contributed by atoms with Crippen molar-refractivity contribution in [2.75, 3.05) is 13.2 Å². The molecule has 0 bridgehead atoms. The van der Waals surface area contributed by atoms with Gasteiger partial charge in [0, 0.05) is 5.56 Å². The van der Waals surface area contributed by atoms with Gasteiger partial charge in [0.25, 0.3) is 0 Å². The van der Waals surface area contributed by atoms with Crippen LogP contribution in [0.2, 0.25) is 5.02 Å². The molecule has 0 aliphatic rings. The zero-order chi connectivity index (χ0) is 22.4. The SMILES string of the molecule is CCOc1cccc(OCC)c1C(=O)P(C(=O)c1c(C)cccc1Cl)c1ccccc1. The molecule has 0 amide bonds. The van der Waals surface area contributed by atoms with Gasteiger partial charge in [0.2, 0.25) is 5.52 Å². The first-order valence-electron chi connectivity index (χ1n) is 10.1. The quantitative estimate of drug-likeness (QED) is 0.359. The largest absolute Gasteiger partial charge is 0.493 e. The van der Waals surface area contributed by atoms with E-state index in [-0.39, 0.29) is 11.0 Å². The first-order chi connectivity index (χ1) is 15.0.